The van der Waals surface area contributed by atoms with Crippen molar-refractivity contribution in [3.63, 3.8) is 0 Å². The first-order valence-electron chi connectivity index (χ1n) is 4.47. The van der Waals surface area contributed by atoms with Gasteiger partial charge in [0, 0.05) is 11.6 Å². The second kappa shape index (κ2) is 3.76. The number of hydrogen-bond acceptors (Lipinski definition) is 2. The molecular weight excluding hydrogens is 150 g/mol. The summed E-state index contributed by atoms with van der Waals surface area (Å²) < 4.78 is 5.40. The van der Waals surface area contributed by atoms with Crippen LogP contribution in [0.2, 0.25) is 0 Å². The minimum Gasteiger partial charge on any atom is -0.466 e. The zero-order valence-corrected chi connectivity index (χ0v) is 8.05. The van der Waals surface area contributed by atoms with Gasteiger partial charge in [-0.15, -0.1) is 0 Å². The third-order valence-corrected chi connectivity index (χ3v) is 2.08. The molecule has 0 amide bonds. The molecule has 2 N–H and O–H groups in total. The highest BCUT2D eigenvalue weighted by Gasteiger charge is 2.11. The molecule has 1 heterocycles. The van der Waals surface area contributed by atoms with Crippen molar-refractivity contribution in [2.75, 3.05) is 0 Å². The summed E-state index contributed by atoms with van der Waals surface area (Å²) in [6.45, 7) is 6.06. The third kappa shape index (κ3) is 1.89. The van der Waals surface area contributed by atoms with E-state index in [9.17, 15) is 0 Å². The Labute approximate surface area is 73.8 Å². The van der Waals surface area contributed by atoms with Crippen LogP contribution in [0.3, 0.4) is 0 Å². The number of nitrogens with two attached hydrogens (primary N) is 1. The van der Waals surface area contributed by atoms with Gasteiger partial charge in [-0.05, 0) is 26.3 Å². The lowest BCUT2D eigenvalue weighted by molar-refractivity contribution is 0.495. The van der Waals surface area contributed by atoms with E-state index >= 15 is 0 Å². The van der Waals surface area contributed by atoms with E-state index in [1.165, 1.54) is 0 Å². The number of furan rings is 1. The van der Waals surface area contributed by atoms with Gasteiger partial charge >= 0.3 is 0 Å². The largest absolute Gasteiger partial charge is 0.466 e. The molecule has 0 bridgehead atoms. The van der Waals surface area contributed by atoms with Crippen molar-refractivity contribution in [1.82, 2.24) is 0 Å². The molecule has 0 aliphatic carbocycles. The van der Waals surface area contributed by atoms with Crippen molar-refractivity contribution < 1.29 is 4.42 Å². The minimum absolute atomic E-state index is 0.146. The van der Waals surface area contributed by atoms with E-state index in [-0.39, 0.29) is 6.04 Å². The van der Waals surface area contributed by atoms with Crippen LogP contribution in [0.15, 0.2) is 10.5 Å². The Hall–Kier alpha value is -0.760. The fourth-order valence-corrected chi connectivity index (χ4v) is 1.49. The minimum atomic E-state index is 0.146. The normalized spacial score (nSPS) is 13.3. The quantitative estimate of drug-likeness (QED) is 0.751. The van der Waals surface area contributed by atoms with Crippen LogP contribution >= 0.6 is 0 Å². The van der Waals surface area contributed by atoms with Gasteiger partial charge in [-0.25, -0.2) is 0 Å². The van der Waals surface area contributed by atoms with E-state index in [0.29, 0.717) is 0 Å². The summed E-state index contributed by atoms with van der Waals surface area (Å²) >= 11 is 0. The summed E-state index contributed by atoms with van der Waals surface area (Å²) in [5, 5.41) is 0. The van der Waals surface area contributed by atoms with Crippen LogP contribution in [-0.4, -0.2) is 0 Å². The Kier molecular flexibility index (Phi) is 2.93. The first-order chi connectivity index (χ1) is 5.65. The maximum absolute atomic E-state index is 5.96. The molecule has 1 unspecified atom stereocenters. The van der Waals surface area contributed by atoms with Crippen molar-refractivity contribution in [2.24, 2.45) is 5.73 Å². The first kappa shape index (κ1) is 9.33. The van der Waals surface area contributed by atoms with Crippen molar-refractivity contribution >= 4 is 0 Å². The van der Waals surface area contributed by atoms with Gasteiger partial charge in [0.15, 0.2) is 0 Å². The topological polar surface area (TPSA) is 39.2 Å². The van der Waals surface area contributed by atoms with E-state index < -0.39 is 0 Å². The molecule has 2 heteroatoms. The van der Waals surface area contributed by atoms with Gasteiger partial charge in [-0.3, -0.25) is 0 Å². The molecule has 1 atom stereocenters. The second-order valence-corrected chi connectivity index (χ2v) is 3.26. The van der Waals surface area contributed by atoms with E-state index in [1.54, 1.807) is 0 Å². The molecule has 12 heavy (non-hydrogen) atoms. The van der Waals surface area contributed by atoms with Crippen molar-refractivity contribution in [1.29, 1.82) is 0 Å². The lowest BCUT2D eigenvalue weighted by atomic mass is 10.0. The molecular formula is C10H17NO. The van der Waals surface area contributed by atoms with Crippen LogP contribution in [0.5, 0.6) is 0 Å². The highest BCUT2D eigenvalue weighted by atomic mass is 16.3. The number of hydrogen-bond donors (Lipinski definition) is 1. The van der Waals surface area contributed by atoms with Gasteiger partial charge in [0.2, 0.25) is 0 Å². The predicted octanol–water partition coefficient (Wildman–Crippen LogP) is 2.70. The summed E-state index contributed by atoms with van der Waals surface area (Å²) in [4.78, 5) is 0. The Balaban J connectivity index is 2.79. The van der Waals surface area contributed by atoms with Crippen LogP contribution < -0.4 is 5.73 Å². The standard InChI is InChI=1S/C10H17NO/c1-4-5-10(11)9-6-7(2)12-8(9)3/h6,10H,4-5,11H2,1-3H3. The van der Waals surface area contributed by atoms with E-state index in [4.69, 9.17) is 10.2 Å². The predicted molar refractivity (Wildman–Crippen MR) is 50.0 cm³/mol. The number of rotatable bonds is 3. The smallest absolute Gasteiger partial charge is 0.105 e. The maximum Gasteiger partial charge on any atom is 0.105 e. The Bertz CT molecular complexity index is 252. The van der Waals surface area contributed by atoms with Crippen LogP contribution in [0.4, 0.5) is 0 Å². The maximum atomic E-state index is 5.96. The Morgan fingerprint density at radius 3 is 2.58 bits per heavy atom. The van der Waals surface area contributed by atoms with E-state index in [1.807, 2.05) is 19.9 Å². The molecule has 1 aromatic rings. The first-order valence-corrected chi connectivity index (χ1v) is 4.47. The average molecular weight is 167 g/mol. The van der Waals surface area contributed by atoms with Gasteiger partial charge < -0.3 is 10.2 Å². The van der Waals surface area contributed by atoms with E-state index in [2.05, 4.69) is 6.92 Å². The van der Waals surface area contributed by atoms with E-state index in [0.717, 1.165) is 29.9 Å². The van der Waals surface area contributed by atoms with Gasteiger partial charge in [0.25, 0.3) is 0 Å². The third-order valence-electron chi connectivity index (χ3n) is 2.08. The molecule has 0 spiro atoms. The van der Waals surface area contributed by atoms with Crippen molar-refractivity contribution in [3.8, 4) is 0 Å². The molecule has 1 aromatic heterocycles. The molecule has 0 saturated heterocycles. The lowest BCUT2D eigenvalue weighted by Crippen LogP contribution is -2.09. The zero-order chi connectivity index (χ0) is 9.14. The summed E-state index contributed by atoms with van der Waals surface area (Å²) in [5.41, 5.74) is 7.12. The van der Waals surface area contributed by atoms with Gasteiger partial charge in [0.1, 0.15) is 11.5 Å². The highest BCUT2D eigenvalue weighted by Crippen LogP contribution is 2.22. The molecule has 0 aliphatic heterocycles. The van der Waals surface area contributed by atoms with Gasteiger partial charge in [-0.1, -0.05) is 13.3 Å². The van der Waals surface area contributed by atoms with Gasteiger partial charge in [0.05, 0.1) is 0 Å². The Morgan fingerprint density at radius 2 is 2.17 bits per heavy atom. The van der Waals surface area contributed by atoms with Crippen molar-refractivity contribution in [2.45, 2.75) is 39.7 Å². The molecule has 0 aromatic carbocycles. The molecule has 0 fully saturated rings. The SMILES string of the molecule is CCCC(N)c1cc(C)oc1C. The van der Waals surface area contributed by atoms with Crippen LogP contribution in [0.25, 0.3) is 0 Å². The lowest BCUT2D eigenvalue weighted by Gasteiger charge is -2.07. The molecule has 68 valence electrons. The van der Waals surface area contributed by atoms with Crippen LogP contribution in [0, 0.1) is 13.8 Å². The summed E-state index contributed by atoms with van der Waals surface area (Å²) in [7, 11) is 0. The molecule has 0 radical (unpaired) electrons. The molecule has 0 saturated carbocycles. The molecule has 0 aliphatic rings. The number of aryl methyl sites for hydroxylation is 2. The second-order valence-electron chi connectivity index (χ2n) is 3.26. The van der Waals surface area contributed by atoms with Crippen LogP contribution in [0.1, 0.15) is 42.9 Å². The van der Waals surface area contributed by atoms with Crippen LogP contribution in [-0.2, 0) is 0 Å². The summed E-state index contributed by atoms with van der Waals surface area (Å²) in [6.07, 6.45) is 2.14. The molecule has 1 rings (SSSR count). The fourth-order valence-electron chi connectivity index (χ4n) is 1.49. The highest BCUT2D eigenvalue weighted by molar-refractivity contribution is 5.23. The fraction of sp³-hybridized carbons (Fsp3) is 0.600. The summed E-state index contributed by atoms with van der Waals surface area (Å²) in [5.74, 6) is 1.92. The molecule has 2 nitrogen and oxygen atoms in total. The Morgan fingerprint density at radius 1 is 1.50 bits per heavy atom. The summed E-state index contributed by atoms with van der Waals surface area (Å²) in [6, 6.07) is 2.18. The average Bonchev–Trinajstić information content (AvgIpc) is 2.30. The van der Waals surface area contributed by atoms with Gasteiger partial charge in [-0.2, -0.15) is 0 Å². The zero-order valence-electron chi connectivity index (χ0n) is 8.05. The van der Waals surface area contributed by atoms with Crippen molar-refractivity contribution in [3.05, 3.63) is 23.2 Å². The monoisotopic (exact) mass is 167 g/mol.